The molecule has 1 aromatic heterocycles. The molecule has 1 fully saturated rings. The molecule has 1 aliphatic rings. The first kappa shape index (κ1) is 14.9. The van der Waals surface area contributed by atoms with Crippen molar-refractivity contribution >= 4 is 5.69 Å². The summed E-state index contributed by atoms with van der Waals surface area (Å²) in [5, 5.41) is 7.31. The van der Waals surface area contributed by atoms with E-state index in [9.17, 15) is 0 Å². The Morgan fingerprint density at radius 1 is 1.14 bits per heavy atom. The van der Waals surface area contributed by atoms with Crippen molar-refractivity contribution in [2.24, 2.45) is 0 Å². The predicted molar refractivity (Wildman–Crippen MR) is 88.7 cm³/mol. The second-order valence-corrected chi connectivity index (χ2v) is 5.82. The number of hydrogen-bond acceptors (Lipinski definition) is 4. The van der Waals surface area contributed by atoms with Gasteiger partial charge in [-0.05, 0) is 37.3 Å². The van der Waals surface area contributed by atoms with Crippen LogP contribution in [0, 0.1) is 6.92 Å². The van der Waals surface area contributed by atoms with Crippen molar-refractivity contribution in [2.45, 2.75) is 13.3 Å². The highest BCUT2D eigenvalue weighted by Gasteiger charge is 2.17. The highest BCUT2D eigenvalue weighted by Crippen LogP contribution is 2.20. The molecule has 1 N–H and O–H groups in total. The SMILES string of the molecule is COc1ccc(N2CCN(CCc3cc(C)[nH]n3)CC2)cc1. The number of hydrogen-bond donors (Lipinski definition) is 1. The zero-order valence-electron chi connectivity index (χ0n) is 13.4. The molecule has 0 amide bonds. The molecule has 22 heavy (non-hydrogen) atoms. The number of H-pyrrole nitrogens is 1. The smallest absolute Gasteiger partial charge is 0.119 e. The Morgan fingerprint density at radius 2 is 1.86 bits per heavy atom. The molecular weight excluding hydrogens is 276 g/mol. The third-order valence-electron chi connectivity index (χ3n) is 4.25. The number of ether oxygens (including phenoxy) is 1. The lowest BCUT2D eigenvalue weighted by Gasteiger charge is -2.36. The summed E-state index contributed by atoms with van der Waals surface area (Å²) >= 11 is 0. The van der Waals surface area contributed by atoms with Crippen LogP contribution < -0.4 is 9.64 Å². The van der Waals surface area contributed by atoms with Gasteiger partial charge in [0.2, 0.25) is 0 Å². The lowest BCUT2D eigenvalue weighted by Crippen LogP contribution is -2.47. The van der Waals surface area contributed by atoms with E-state index in [1.807, 2.05) is 19.1 Å². The lowest BCUT2D eigenvalue weighted by atomic mass is 10.2. The molecule has 1 aliphatic heterocycles. The minimum Gasteiger partial charge on any atom is -0.497 e. The highest BCUT2D eigenvalue weighted by molar-refractivity contribution is 5.49. The van der Waals surface area contributed by atoms with Crippen LogP contribution in [0.2, 0.25) is 0 Å². The molecule has 0 spiro atoms. The molecule has 2 heterocycles. The second-order valence-electron chi connectivity index (χ2n) is 5.82. The minimum atomic E-state index is 0.914. The first-order chi connectivity index (χ1) is 10.7. The van der Waals surface area contributed by atoms with Gasteiger partial charge in [-0.3, -0.25) is 10.00 Å². The number of rotatable bonds is 5. The van der Waals surface area contributed by atoms with E-state index in [2.05, 4.69) is 38.2 Å². The summed E-state index contributed by atoms with van der Waals surface area (Å²) in [5.41, 5.74) is 3.58. The predicted octanol–water partition coefficient (Wildman–Crippen LogP) is 2.09. The summed E-state index contributed by atoms with van der Waals surface area (Å²) < 4.78 is 5.21. The average molecular weight is 300 g/mol. The van der Waals surface area contributed by atoms with Crippen molar-refractivity contribution in [1.29, 1.82) is 0 Å². The van der Waals surface area contributed by atoms with Gasteiger partial charge in [0.1, 0.15) is 5.75 Å². The summed E-state index contributed by atoms with van der Waals surface area (Å²) in [7, 11) is 1.70. The van der Waals surface area contributed by atoms with Crippen molar-refractivity contribution < 1.29 is 4.74 Å². The summed E-state index contributed by atoms with van der Waals surface area (Å²) in [4.78, 5) is 4.96. The van der Waals surface area contributed by atoms with Crippen LogP contribution >= 0.6 is 0 Å². The normalized spacial score (nSPS) is 16.0. The summed E-state index contributed by atoms with van der Waals surface area (Å²) in [5.74, 6) is 0.914. The van der Waals surface area contributed by atoms with E-state index in [4.69, 9.17) is 4.74 Å². The summed E-state index contributed by atoms with van der Waals surface area (Å²) in [6.45, 7) is 7.49. The number of aryl methyl sites for hydroxylation is 1. The van der Waals surface area contributed by atoms with Gasteiger partial charge in [-0.15, -0.1) is 0 Å². The molecule has 0 radical (unpaired) electrons. The third kappa shape index (κ3) is 3.60. The zero-order valence-corrected chi connectivity index (χ0v) is 13.4. The Hall–Kier alpha value is -2.01. The number of methoxy groups -OCH3 is 1. The largest absolute Gasteiger partial charge is 0.497 e. The molecule has 0 unspecified atom stereocenters. The molecule has 5 heteroatoms. The molecule has 0 bridgehead atoms. The summed E-state index contributed by atoms with van der Waals surface area (Å²) in [6.07, 6.45) is 1.02. The van der Waals surface area contributed by atoms with E-state index in [0.29, 0.717) is 0 Å². The Balaban J connectivity index is 1.47. The third-order valence-corrected chi connectivity index (χ3v) is 4.25. The van der Waals surface area contributed by atoms with E-state index in [0.717, 1.165) is 56.3 Å². The fraction of sp³-hybridized carbons (Fsp3) is 0.471. The minimum absolute atomic E-state index is 0.914. The van der Waals surface area contributed by atoms with Crippen LogP contribution in [0.4, 0.5) is 5.69 Å². The average Bonchev–Trinajstić information content (AvgIpc) is 2.99. The maximum Gasteiger partial charge on any atom is 0.119 e. The van der Waals surface area contributed by atoms with Crippen LogP contribution in [-0.4, -0.2) is 54.9 Å². The second kappa shape index (κ2) is 6.83. The van der Waals surface area contributed by atoms with Gasteiger partial charge in [-0.1, -0.05) is 0 Å². The van der Waals surface area contributed by atoms with Gasteiger partial charge >= 0.3 is 0 Å². The fourth-order valence-electron chi connectivity index (χ4n) is 2.90. The van der Waals surface area contributed by atoms with Gasteiger partial charge in [0.25, 0.3) is 0 Å². The van der Waals surface area contributed by atoms with Crippen molar-refractivity contribution in [3.05, 3.63) is 41.7 Å². The highest BCUT2D eigenvalue weighted by atomic mass is 16.5. The Kier molecular flexibility index (Phi) is 4.63. The first-order valence-electron chi connectivity index (χ1n) is 7.87. The Morgan fingerprint density at radius 3 is 2.45 bits per heavy atom. The van der Waals surface area contributed by atoms with Crippen LogP contribution in [0.15, 0.2) is 30.3 Å². The Labute approximate surface area is 131 Å². The van der Waals surface area contributed by atoms with Gasteiger partial charge in [-0.25, -0.2) is 0 Å². The van der Waals surface area contributed by atoms with Crippen molar-refractivity contribution in [3.8, 4) is 5.75 Å². The van der Waals surface area contributed by atoms with Gasteiger partial charge in [0.15, 0.2) is 0 Å². The van der Waals surface area contributed by atoms with Gasteiger partial charge in [0.05, 0.1) is 12.8 Å². The zero-order chi connectivity index (χ0) is 15.4. The van der Waals surface area contributed by atoms with Gasteiger partial charge in [0, 0.05) is 50.5 Å². The standard InChI is InChI=1S/C17H24N4O/c1-14-13-15(19-18-14)7-8-20-9-11-21(12-10-20)16-3-5-17(22-2)6-4-16/h3-6,13H,7-12H2,1-2H3,(H,18,19). The van der Waals surface area contributed by atoms with Crippen LogP contribution in [-0.2, 0) is 6.42 Å². The van der Waals surface area contributed by atoms with Crippen molar-refractivity contribution in [3.63, 3.8) is 0 Å². The fourth-order valence-corrected chi connectivity index (χ4v) is 2.90. The molecule has 1 saturated heterocycles. The van der Waals surface area contributed by atoms with E-state index < -0.39 is 0 Å². The van der Waals surface area contributed by atoms with Gasteiger partial charge in [-0.2, -0.15) is 5.10 Å². The number of aromatic nitrogens is 2. The van der Waals surface area contributed by atoms with Crippen LogP contribution in [0.5, 0.6) is 5.75 Å². The van der Waals surface area contributed by atoms with Crippen LogP contribution in [0.25, 0.3) is 0 Å². The summed E-state index contributed by atoms with van der Waals surface area (Å²) in [6, 6.07) is 10.5. The number of nitrogens with one attached hydrogen (secondary N) is 1. The molecule has 0 atom stereocenters. The molecule has 0 aliphatic carbocycles. The quantitative estimate of drug-likeness (QED) is 0.918. The number of anilines is 1. The number of piperazine rings is 1. The maximum absolute atomic E-state index is 5.21. The van der Waals surface area contributed by atoms with E-state index in [1.165, 1.54) is 5.69 Å². The molecule has 0 saturated carbocycles. The monoisotopic (exact) mass is 300 g/mol. The molecule has 1 aromatic carbocycles. The molecule has 2 aromatic rings. The number of benzene rings is 1. The number of nitrogens with zero attached hydrogens (tertiary/aromatic N) is 3. The molecular formula is C17H24N4O. The topological polar surface area (TPSA) is 44.4 Å². The van der Waals surface area contributed by atoms with Crippen molar-refractivity contribution in [2.75, 3.05) is 44.7 Å². The lowest BCUT2D eigenvalue weighted by molar-refractivity contribution is 0.260. The van der Waals surface area contributed by atoms with Crippen LogP contribution in [0.3, 0.4) is 0 Å². The van der Waals surface area contributed by atoms with Crippen molar-refractivity contribution in [1.82, 2.24) is 15.1 Å². The van der Waals surface area contributed by atoms with E-state index in [1.54, 1.807) is 7.11 Å². The number of aromatic amines is 1. The molecule has 5 nitrogen and oxygen atoms in total. The molecule has 118 valence electrons. The van der Waals surface area contributed by atoms with Gasteiger partial charge < -0.3 is 9.64 Å². The first-order valence-corrected chi connectivity index (χ1v) is 7.87. The van der Waals surface area contributed by atoms with E-state index in [-0.39, 0.29) is 0 Å². The Bertz CT molecular complexity index is 585. The maximum atomic E-state index is 5.21. The molecule has 3 rings (SSSR count). The van der Waals surface area contributed by atoms with E-state index >= 15 is 0 Å². The van der Waals surface area contributed by atoms with Crippen LogP contribution in [0.1, 0.15) is 11.4 Å².